The summed E-state index contributed by atoms with van der Waals surface area (Å²) in [6, 6.07) is 5.74. The third kappa shape index (κ3) is 3.77. The zero-order valence-corrected chi connectivity index (χ0v) is 10.7. The maximum Gasteiger partial charge on any atom is 0.253 e. The van der Waals surface area contributed by atoms with Crippen LogP contribution in [0.15, 0.2) is 41.6 Å². The van der Waals surface area contributed by atoms with E-state index >= 15 is 0 Å². The van der Waals surface area contributed by atoms with E-state index in [4.69, 9.17) is 5.11 Å². The minimum absolute atomic E-state index is 0.0275. The molecule has 1 aromatic heterocycles. The van der Waals surface area contributed by atoms with Gasteiger partial charge >= 0.3 is 0 Å². The van der Waals surface area contributed by atoms with Crippen LogP contribution in [-0.2, 0) is 6.54 Å². The minimum atomic E-state index is -0.410. The van der Waals surface area contributed by atoms with Crippen molar-refractivity contribution in [2.75, 3.05) is 6.61 Å². The number of hydrogen-bond donors (Lipinski definition) is 1. The van der Waals surface area contributed by atoms with Crippen molar-refractivity contribution >= 4 is 0 Å². The topological polar surface area (TPSA) is 55.1 Å². The molecule has 0 amide bonds. The second kappa shape index (κ2) is 6.64. The minimum Gasteiger partial charge on any atom is -0.395 e. The SMILES string of the molecule is O=c1ccncn1Cc1cc(F)cc(C#CCCO)c1. The van der Waals surface area contributed by atoms with Gasteiger partial charge in [-0.15, -0.1) is 0 Å². The Labute approximate surface area is 115 Å². The molecule has 0 radical (unpaired) electrons. The van der Waals surface area contributed by atoms with E-state index in [1.807, 2.05) is 0 Å². The Morgan fingerprint density at radius 2 is 2.20 bits per heavy atom. The van der Waals surface area contributed by atoms with Crippen LogP contribution in [0.5, 0.6) is 0 Å². The van der Waals surface area contributed by atoms with Gasteiger partial charge in [-0.25, -0.2) is 9.37 Å². The van der Waals surface area contributed by atoms with Gasteiger partial charge in [-0.3, -0.25) is 9.36 Å². The molecule has 20 heavy (non-hydrogen) atoms. The molecule has 4 nitrogen and oxygen atoms in total. The van der Waals surface area contributed by atoms with E-state index in [0.717, 1.165) is 0 Å². The molecule has 0 aliphatic heterocycles. The van der Waals surface area contributed by atoms with Crippen molar-refractivity contribution < 1.29 is 9.50 Å². The van der Waals surface area contributed by atoms with Gasteiger partial charge in [0.25, 0.3) is 5.56 Å². The molecule has 0 aliphatic rings. The lowest BCUT2D eigenvalue weighted by atomic mass is 10.1. The fourth-order valence-electron chi connectivity index (χ4n) is 1.73. The van der Waals surface area contributed by atoms with Crippen molar-refractivity contribution in [3.05, 3.63) is 64.1 Å². The Morgan fingerprint density at radius 1 is 1.35 bits per heavy atom. The number of halogens is 1. The zero-order valence-electron chi connectivity index (χ0n) is 10.7. The maximum absolute atomic E-state index is 13.5. The highest BCUT2D eigenvalue weighted by Crippen LogP contribution is 2.09. The predicted molar refractivity (Wildman–Crippen MR) is 72.6 cm³/mol. The molecule has 0 saturated heterocycles. The molecule has 1 heterocycles. The molecule has 0 aliphatic carbocycles. The van der Waals surface area contributed by atoms with Crippen LogP contribution < -0.4 is 5.56 Å². The second-order valence-corrected chi connectivity index (χ2v) is 4.17. The monoisotopic (exact) mass is 272 g/mol. The van der Waals surface area contributed by atoms with Crippen molar-refractivity contribution in [3.8, 4) is 11.8 Å². The molecule has 0 atom stereocenters. The van der Waals surface area contributed by atoms with Crippen LogP contribution >= 0.6 is 0 Å². The molecule has 0 fully saturated rings. The van der Waals surface area contributed by atoms with Gasteiger partial charge < -0.3 is 5.11 Å². The van der Waals surface area contributed by atoms with Crippen LogP contribution in [-0.4, -0.2) is 21.3 Å². The smallest absolute Gasteiger partial charge is 0.253 e. The van der Waals surface area contributed by atoms with Crippen molar-refractivity contribution in [1.82, 2.24) is 9.55 Å². The Balaban J connectivity index is 2.27. The van der Waals surface area contributed by atoms with Crippen molar-refractivity contribution in [3.63, 3.8) is 0 Å². The van der Waals surface area contributed by atoms with Crippen molar-refractivity contribution in [2.24, 2.45) is 0 Å². The van der Waals surface area contributed by atoms with E-state index in [2.05, 4.69) is 16.8 Å². The Morgan fingerprint density at radius 3 is 2.95 bits per heavy atom. The number of rotatable bonds is 3. The lowest BCUT2D eigenvalue weighted by Gasteiger charge is -2.05. The van der Waals surface area contributed by atoms with Gasteiger partial charge in [0, 0.05) is 24.2 Å². The van der Waals surface area contributed by atoms with Crippen LogP contribution in [0.4, 0.5) is 4.39 Å². The highest BCUT2D eigenvalue weighted by atomic mass is 19.1. The second-order valence-electron chi connectivity index (χ2n) is 4.17. The highest BCUT2D eigenvalue weighted by Gasteiger charge is 2.02. The van der Waals surface area contributed by atoms with E-state index < -0.39 is 5.82 Å². The number of aliphatic hydroxyl groups excluding tert-OH is 1. The quantitative estimate of drug-likeness (QED) is 0.853. The molecular weight excluding hydrogens is 259 g/mol. The summed E-state index contributed by atoms with van der Waals surface area (Å²) in [7, 11) is 0. The van der Waals surface area contributed by atoms with E-state index in [1.54, 1.807) is 6.07 Å². The van der Waals surface area contributed by atoms with E-state index in [9.17, 15) is 9.18 Å². The number of aromatic nitrogens is 2. The first-order valence-electron chi connectivity index (χ1n) is 6.08. The lowest BCUT2D eigenvalue weighted by Crippen LogP contribution is -2.19. The number of aliphatic hydroxyl groups is 1. The van der Waals surface area contributed by atoms with Gasteiger partial charge in [0.15, 0.2) is 0 Å². The van der Waals surface area contributed by atoms with Crippen LogP contribution in [0.2, 0.25) is 0 Å². The summed E-state index contributed by atoms with van der Waals surface area (Å²) in [4.78, 5) is 15.4. The lowest BCUT2D eigenvalue weighted by molar-refractivity contribution is 0.305. The molecule has 0 unspecified atom stereocenters. The first kappa shape index (κ1) is 14.0. The number of benzene rings is 1. The normalized spacial score (nSPS) is 9.90. The molecular formula is C15H13FN2O2. The number of hydrogen-bond acceptors (Lipinski definition) is 3. The van der Waals surface area contributed by atoms with E-state index in [-0.39, 0.29) is 18.7 Å². The molecule has 0 spiro atoms. The van der Waals surface area contributed by atoms with Gasteiger partial charge in [0.2, 0.25) is 0 Å². The highest BCUT2D eigenvalue weighted by molar-refractivity contribution is 5.37. The molecule has 1 aromatic carbocycles. The molecule has 5 heteroatoms. The summed E-state index contributed by atoms with van der Waals surface area (Å²) in [5.74, 6) is 5.10. The van der Waals surface area contributed by atoms with Crippen molar-refractivity contribution in [2.45, 2.75) is 13.0 Å². The summed E-state index contributed by atoms with van der Waals surface area (Å²) >= 11 is 0. The third-order valence-electron chi connectivity index (χ3n) is 2.57. The van der Waals surface area contributed by atoms with Gasteiger partial charge in [0.1, 0.15) is 5.82 Å². The van der Waals surface area contributed by atoms with Crippen LogP contribution in [0, 0.1) is 17.7 Å². The Hall–Kier alpha value is -2.45. The molecule has 2 aromatic rings. The summed E-state index contributed by atoms with van der Waals surface area (Å²) < 4.78 is 14.9. The van der Waals surface area contributed by atoms with Gasteiger partial charge in [0.05, 0.1) is 19.5 Å². The molecule has 2 rings (SSSR count). The first-order valence-corrected chi connectivity index (χ1v) is 6.08. The molecule has 1 N–H and O–H groups in total. The average Bonchev–Trinajstić information content (AvgIpc) is 2.41. The first-order chi connectivity index (χ1) is 9.69. The Kier molecular flexibility index (Phi) is 4.64. The van der Waals surface area contributed by atoms with Crippen LogP contribution in [0.1, 0.15) is 17.5 Å². The van der Waals surface area contributed by atoms with Gasteiger partial charge in [-0.2, -0.15) is 0 Å². The van der Waals surface area contributed by atoms with Crippen LogP contribution in [0.3, 0.4) is 0 Å². The average molecular weight is 272 g/mol. The summed E-state index contributed by atoms with van der Waals surface area (Å²) in [5.41, 5.74) is 0.955. The van der Waals surface area contributed by atoms with E-state index in [0.29, 0.717) is 17.5 Å². The summed E-state index contributed by atoms with van der Waals surface area (Å²) in [6.07, 6.45) is 3.16. The van der Waals surface area contributed by atoms with E-state index in [1.165, 1.54) is 35.3 Å². The summed E-state index contributed by atoms with van der Waals surface area (Å²) in [6.45, 7) is 0.208. The predicted octanol–water partition coefficient (Wildman–Crippen LogP) is 1.16. The third-order valence-corrected chi connectivity index (χ3v) is 2.57. The zero-order chi connectivity index (χ0) is 14.4. The fraction of sp³-hybridized carbons (Fsp3) is 0.200. The largest absolute Gasteiger partial charge is 0.395 e. The fourth-order valence-corrected chi connectivity index (χ4v) is 1.73. The van der Waals surface area contributed by atoms with Crippen molar-refractivity contribution in [1.29, 1.82) is 0 Å². The van der Waals surface area contributed by atoms with Crippen LogP contribution in [0.25, 0.3) is 0 Å². The molecule has 0 bridgehead atoms. The summed E-state index contributed by atoms with van der Waals surface area (Å²) in [5, 5.41) is 8.66. The molecule has 102 valence electrons. The van der Waals surface area contributed by atoms with Gasteiger partial charge in [-0.05, 0) is 23.8 Å². The molecule has 0 saturated carbocycles. The standard InChI is InChI=1S/C15H13FN2O2/c16-14-8-12(3-1-2-6-19)7-13(9-14)10-18-11-17-5-4-15(18)20/h4-5,7-9,11,19H,2,6,10H2. The van der Waals surface area contributed by atoms with Gasteiger partial charge in [-0.1, -0.05) is 11.8 Å². The maximum atomic E-state index is 13.5. The number of nitrogens with zero attached hydrogens (tertiary/aromatic N) is 2. The Bertz CT molecular complexity index is 714.